The summed E-state index contributed by atoms with van der Waals surface area (Å²) in [5.74, 6) is 0. The molecule has 0 aliphatic carbocycles. The molecule has 0 amide bonds. The molecule has 0 bridgehead atoms. The fourth-order valence-electron chi connectivity index (χ4n) is 18.4. The molecule has 0 spiro atoms. The SMILES string of the molecule is C[n+]1ccc(/C=C/c2ccc3c(c2)c2cc(/C=C/c4cc[n+](C)cc4)ccc2n3COCCOCCOCC[N+]2(C)CCCCC2)cc1.C[n+]1ccc(/C=C/c2ccc3c(c2)c2cc(/C=C/c4cc[n+](C)cc4)ccc2n3C[N+]2(C)CCCCC2)cc1.C[n+]1ccccc1/C=C/c1ccc2c(c1)c1cc(/C=C/c3cccc[n+]3C)ccc1n2C[N+]1(C)CCCCC1.[I-].[I-].[I-].[I-].[I-].[I-].[I-].[I-].[I-]. The second kappa shape index (κ2) is 56.3. The summed E-state index contributed by atoms with van der Waals surface area (Å²) in [5, 5.41) is 7.74. The van der Waals surface area contributed by atoms with E-state index in [0.29, 0.717) is 33.2 Å². The molecule has 3 aliphatic rings. The van der Waals surface area contributed by atoms with Crippen molar-refractivity contribution in [2.24, 2.45) is 42.3 Å². The number of piperidine rings is 3. The van der Waals surface area contributed by atoms with Gasteiger partial charge in [-0.1, -0.05) is 85.0 Å². The number of fused-ring (bicyclic) bond motifs is 9. The first kappa shape index (κ1) is 116. The van der Waals surface area contributed by atoms with Gasteiger partial charge in [-0.05, 0) is 211 Å². The van der Waals surface area contributed by atoms with E-state index in [1.807, 2.05) is 37.3 Å². The number of ether oxygens (including phenoxy) is 3. The van der Waals surface area contributed by atoms with Crippen molar-refractivity contribution in [2.45, 2.75) is 77.9 Å². The molecule has 9 aromatic heterocycles. The van der Waals surface area contributed by atoms with Crippen LogP contribution in [0.3, 0.4) is 0 Å². The van der Waals surface area contributed by atoms with Gasteiger partial charge in [0.05, 0.1) is 127 Å². The van der Waals surface area contributed by atoms with Crippen LogP contribution in [0.15, 0.2) is 256 Å². The Bertz CT molecular complexity index is 6150. The number of likely N-dealkylation sites (N-methyl/N-ethyl adjacent to an activating group) is 1. The monoisotopic (exact) mass is 2820 g/mol. The molecular formula is C111H129I9N12O3. The van der Waals surface area contributed by atoms with Crippen molar-refractivity contribution in [2.75, 3.05) is 100.0 Å². The topological polar surface area (TPSA) is 65.8 Å². The molecule has 0 radical (unpaired) electrons. The molecule has 15 nitrogen and oxygen atoms in total. The molecule has 135 heavy (non-hydrogen) atoms. The van der Waals surface area contributed by atoms with Crippen molar-refractivity contribution in [1.29, 1.82) is 0 Å². The number of likely N-dealkylation sites (tertiary alicyclic amines) is 3. The lowest BCUT2D eigenvalue weighted by Gasteiger charge is -2.38. The summed E-state index contributed by atoms with van der Waals surface area (Å²) in [6, 6.07) is 70.9. The number of hydrogen-bond acceptors (Lipinski definition) is 3. The third kappa shape index (κ3) is 31.7. The molecule has 0 atom stereocenters. The summed E-state index contributed by atoms with van der Waals surface area (Å²) in [5.41, 5.74) is 22.0. The number of hydrogen-bond donors (Lipinski definition) is 0. The highest BCUT2D eigenvalue weighted by atomic mass is 127. The molecule has 12 heterocycles. The van der Waals surface area contributed by atoms with Gasteiger partial charge in [-0.3, -0.25) is 9.13 Å². The first-order valence-electron chi connectivity index (χ1n) is 45.6. The Labute approximate surface area is 954 Å². The van der Waals surface area contributed by atoms with E-state index in [1.54, 1.807) is 0 Å². The average molecular weight is 2820 g/mol. The Morgan fingerprint density at radius 2 is 0.481 bits per heavy atom. The number of halogens is 9. The number of aromatic nitrogens is 9. The van der Waals surface area contributed by atoms with Crippen molar-refractivity contribution in [3.63, 3.8) is 0 Å². The summed E-state index contributed by atoms with van der Waals surface area (Å²) < 4.78 is 41.2. The Kier molecular flexibility index (Phi) is 48.5. The highest BCUT2D eigenvalue weighted by Gasteiger charge is 2.30. The predicted octanol–water partition coefficient (Wildman–Crippen LogP) is -7.80. The molecule has 18 rings (SSSR count). The second-order valence-electron chi connectivity index (χ2n) is 36.3. The number of rotatable bonds is 27. The van der Waals surface area contributed by atoms with E-state index < -0.39 is 0 Å². The molecule has 6 aromatic carbocycles. The number of aryl methyl sites for hydroxylation is 6. The minimum absolute atomic E-state index is 0. The summed E-state index contributed by atoms with van der Waals surface area (Å²) >= 11 is 0. The van der Waals surface area contributed by atoms with E-state index in [4.69, 9.17) is 14.2 Å². The van der Waals surface area contributed by atoms with Gasteiger partial charge < -0.3 is 248 Å². The first-order valence-corrected chi connectivity index (χ1v) is 45.6. The van der Waals surface area contributed by atoms with Crippen molar-refractivity contribution in [1.82, 2.24) is 13.7 Å². The molecule has 24 heteroatoms. The lowest BCUT2D eigenvalue weighted by Crippen LogP contribution is -3.00. The van der Waals surface area contributed by atoms with Crippen molar-refractivity contribution in [3.8, 4) is 0 Å². The fraction of sp³-hybridized carbons (Fsp3) is 0.297. The first-order chi connectivity index (χ1) is 61.4. The quantitative estimate of drug-likeness (QED) is 0.0223. The molecular weight excluding hydrogens is 2690 g/mol. The molecule has 3 aliphatic heterocycles. The highest BCUT2D eigenvalue weighted by molar-refractivity contribution is 6.12. The minimum atomic E-state index is 0. The van der Waals surface area contributed by atoms with Crippen LogP contribution in [0.25, 0.3) is 138 Å². The highest BCUT2D eigenvalue weighted by Crippen LogP contribution is 2.38. The van der Waals surface area contributed by atoms with Gasteiger partial charge in [0.1, 0.15) is 55.6 Å². The molecule has 3 saturated heterocycles. The van der Waals surface area contributed by atoms with Crippen molar-refractivity contribution < 1.29 is 271 Å². The summed E-state index contributed by atoms with van der Waals surface area (Å²) in [7, 11) is 19.6. The minimum Gasteiger partial charge on any atom is -1.00 e. The third-order valence-electron chi connectivity index (χ3n) is 26.1. The van der Waals surface area contributed by atoms with E-state index in [9.17, 15) is 0 Å². The normalized spacial score (nSPS) is 14.4. The molecule has 0 unspecified atom stereocenters. The van der Waals surface area contributed by atoms with Crippen LogP contribution in [0.1, 0.15) is 125 Å². The Hall–Kier alpha value is -5.61. The maximum Gasteiger partial charge on any atom is 0.204 e. The Morgan fingerprint density at radius 3 is 0.756 bits per heavy atom. The van der Waals surface area contributed by atoms with Crippen molar-refractivity contribution in [3.05, 3.63) is 323 Å². The van der Waals surface area contributed by atoms with E-state index >= 15 is 0 Å². The average Bonchev–Trinajstić information content (AvgIpc) is 1.60. The van der Waals surface area contributed by atoms with Gasteiger partial charge >= 0.3 is 0 Å². The smallest absolute Gasteiger partial charge is 0.204 e. The van der Waals surface area contributed by atoms with Crippen LogP contribution in [-0.4, -0.2) is 127 Å². The zero-order chi connectivity index (χ0) is 86.8. The van der Waals surface area contributed by atoms with Crippen LogP contribution in [0.4, 0.5) is 0 Å². The van der Waals surface area contributed by atoms with Gasteiger partial charge in [0.25, 0.3) is 0 Å². The van der Waals surface area contributed by atoms with Crippen LogP contribution in [0.2, 0.25) is 0 Å². The second-order valence-corrected chi connectivity index (χ2v) is 36.3. The third-order valence-corrected chi connectivity index (χ3v) is 26.1. The van der Waals surface area contributed by atoms with E-state index in [0.717, 1.165) is 62.1 Å². The van der Waals surface area contributed by atoms with Crippen LogP contribution in [-0.2, 0) is 76.6 Å². The number of nitrogens with zero attached hydrogens (tertiary/aromatic N) is 12. The molecule has 0 saturated carbocycles. The van der Waals surface area contributed by atoms with E-state index in [1.165, 1.54) is 207 Å². The van der Waals surface area contributed by atoms with Crippen LogP contribution < -0.4 is 243 Å². The zero-order valence-corrected chi connectivity index (χ0v) is 98.6. The maximum absolute atomic E-state index is 6.17. The lowest BCUT2D eigenvalue weighted by molar-refractivity contribution is -0.934. The number of quaternary nitrogens is 3. The number of pyridine rings is 6. The van der Waals surface area contributed by atoms with E-state index in [2.05, 4.69) is 396 Å². The molecule has 714 valence electrons. The molecule has 15 aromatic rings. The van der Waals surface area contributed by atoms with Crippen LogP contribution in [0, 0.1) is 0 Å². The maximum atomic E-state index is 6.17. The Balaban J connectivity index is 0.000000269. The Morgan fingerprint density at radius 1 is 0.244 bits per heavy atom. The van der Waals surface area contributed by atoms with Gasteiger partial charge in [-0.25, -0.2) is 27.4 Å². The molecule has 0 N–H and O–H groups in total. The fourth-order valence-corrected chi connectivity index (χ4v) is 18.4. The summed E-state index contributed by atoms with van der Waals surface area (Å²) in [4.78, 5) is 0. The standard InChI is InChI=1S/C41H51N4O3.2C35H39N4.9HI/c1-42-19-15-34(16-20-42)7-9-36-11-13-40-38(31-36)39-32-37(10-8-35-17-21-43(2)22-18-35)12-14-41(39)44(40)33-48-30-29-47-28-27-46-26-25-45(3)23-5-4-6-24-45;1-36-21-7-5-11-30(36)17-13-28-15-19-34-32(25-28)33-26-29(14-18-31-12-6-8-22-37(31)2)16-20-35(33)38(34)27-39(3)23-9-4-10-24-39;1-36-19-15-28(16-20-36)7-9-30-11-13-34-32(25-30)33-26-31(10-8-29-17-21-37(2)22-18-29)12-14-35(33)38(34)27-39(3)23-5-4-6-24-39;;;;;;;;;/h7-22,31-32H,4-6,23-30,33H2,1-3H3;5-8,11-22,25-26H,4,9-10,23-24,27H2,1-3H3;7-22,25-26H,4-6,23-24,27H2,1-3H3;9*1H/q3*+3;;;;;;;;;/p-9. The van der Waals surface area contributed by atoms with E-state index in [-0.39, 0.29) is 216 Å². The number of benzene rings is 6. The van der Waals surface area contributed by atoms with Crippen LogP contribution in [0.5, 0.6) is 0 Å². The molecule has 3 fully saturated rings. The summed E-state index contributed by atoms with van der Waals surface area (Å²) in [6.45, 7) is 14.3. The predicted molar refractivity (Wildman–Crippen MR) is 519 cm³/mol. The van der Waals surface area contributed by atoms with Crippen LogP contribution >= 0.6 is 0 Å². The van der Waals surface area contributed by atoms with Gasteiger partial charge in [0, 0.05) is 117 Å². The van der Waals surface area contributed by atoms with Gasteiger partial charge in [-0.15, -0.1) is 0 Å². The van der Waals surface area contributed by atoms with Gasteiger partial charge in [-0.2, -0.15) is 0 Å². The van der Waals surface area contributed by atoms with Gasteiger partial charge in [0.15, 0.2) is 75.3 Å². The lowest BCUT2D eigenvalue weighted by atomic mass is 10.1. The zero-order valence-electron chi connectivity index (χ0n) is 79.1. The van der Waals surface area contributed by atoms with Gasteiger partial charge in [0.2, 0.25) is 11.4 Å². The largest absolute Gasteiger partial charge is 1.00 e. The summed E-state index contributed by atoms with van der Waals surface area (Å²) in [6.07, 6.45) is 59.3. The van der Waals surface area contributed by atoms with Crippen molar-refractivity contribution >= 4 is 138 Å².